The normalized spacial score (nSPS) is 23.4. The minimum absolute atomic E-state index is 0.386. The second-order valence-corrected chi connectivity index (χ2v) is 8.54. The molecule has 3 heterocycles. The highest BCUT2D eigenvalue weighted by Gasteiger charge is 2.39. The molecule has 0 radical (unpaired) electrons. The van der Waals surface area contributed by atoms with Gasteiger partial charge in [-0.1, -0.05) is 66.7 Å². The molecule has 3 heteroatoms. The van der Waals surface area contributed by atoms with Gasteiger partial charge in [0.15, 0.2) is 0 Å². The van der Waals surface area contributed by atoms with Crippen molar-refractivity contribution < 1.29 is 0 Å². The fourth-order valence-corrected chi connectivity index (χ4v) is 5.56. The lowest BCUT2D eigenvalue weighted by Crippen LogP contribution is -2.56. The van der Waals surface area contributed by atoms with Gasteiger partial charge in [0.2, 0.25) is 0 Å². The van der Waals surface area contributed by atoms with Crippen LogP contribution in [-0.2, 0) is 25.9 Å². The van der Waals surface area contributed by atoms with Crippen molar-refractivity contribution in [1.82, 2.24) is 10.3 Å². The Labute approximate surface area is 172 Å². The maximum absolute atomic E-state index is 3.84. The van der Waals surface area contributed by atoms with Gasteiger partial charge in [-0.25, -0.2) is 5.01 Å². The van der Waals surface area contributed by atoms with Crippen LogP contribution in [0.1, 0.15) is 40.3 Å². The zero-order valence-corrected chi connectivity index (χ0v) is 16.7. The second-order valence-electron chi connectivity index (χ2n) is 8.54. The Hall–Kier alpha value is -2.62. The van der Waals surface area contributed by atoms with E-state index in [0.29, 0.717) is 12.1 Å². The van der Waals surface area contributed by atoms with Crippen LogP contribution < -0.4 is 10.3 Å². The Morgan fingerprint density at radius 3 is 2.34 bits per heavy atom. The number of para-hydroxylation sites is 1. The smallest absolute Gasteiger partial charge is 0.0656 e. The van der Waals surface area contributed by atoms with Crippen LogP contribution in [0.3, 0.4) is 0 Å². The highest BCUT2D eigenvalue weighted by molar-refractivity contribution is 5.57. The third-order valence-electron chi connectivity index (χ3n) is 6.96. The number of anilines is 1. The summed E-state index contributed by atoms with van der Waals surface area (Å²) in [5.74, 6) is 0. The first-order chi connectivity index (χ1) is 14.4. The predicted octanol–water partition coefficient (Wildman–Crippen LogP) is 4.63. The van der Waals surface area contributed by atoms with E-state index < -0.39 is 0 Å². The van der Waals surface area contributed by atoms with E-state index in [1.807, 2.05) is 0 Å². The van der Waals surface area contributed by atoms with Gasteiger partial charge >= 0.3 is 0 Å². The molecular formula is C26H27N3. The maximum atomic E-state index is 3.84. The van der Waals surface area contributed by atoms with Gasteiger partial charge in [-0.2, -0.15) is 0 Å². The van der Waals surface area contributed by atoms with Crippen LogP contribution in [0.4, 0.5) is 5.69 Å². The molecule has 0 aliphatic carbocycles. The van der Waals surface area contributed by atoms with Crippen molar-refractivity contribution in [3.63, 3.8) is 0 Å². The molecule has 0 spiro atoms. The molecule has 29 heavy (non-hydrogen) atoms. The van der Waals surface area contributed by atoms with Crippen molar-refractivity contribution >= 4 is 5.69 Å². The van der Waals surface area contributed by atoms with E-state index in [1.54, 1.807) is 0 Å². The fourth-order valence-electron chi connectivity index (χ4n) is 5.56. The van der Waals surface area contributed by atoms with Crippen molar-refractivity contribution in [3.05, 3.63) is 101 Å². The van der Waals surface area contributed by atoms with E-state index in [-0.39, 0.29) is 0 Å². The number of aryl methyl sites for hydroxylation is 1. The van der Waals surface area contributed by atoms with Gasteiger partial charge in [-0.05, 0) is 53.1 Å². The number of nitrogens with zero attached hydrogens (tertiary/aromatic N) is 2. The third-order valence-corrected chi connectivity index (χ3v) is 6.96. The molecule has 3 aliphatic rings. The first-order valence-electron chi connectivity index (χ1n) is 10.9. The van der Waals surface area contributed by atoms with Crippen LogP contribution in [-0.4, -0.2) is 17.6 Å². The number of hydrogen-bond donors (Lipinski definition) is 1. The van der Waals surface area contributed by atoms with Crippen molar-refractivity contribution in [2.45, 2.75) is 44.4 Å². The van der Waals surface area contributed by atoms with Crippen LogP contribution in [0.25, 0.3) is 0 Å². The van der Waals surface area contributed by atoms with Gasteiger partial charge in [0.1, 0.15) is 0 Å². The molecule has 3 nitrogen and oxygen atoms in total. The lowest BCUT2D eigenvalue weighted by atomic mass is 9.89. The topological polar surface area (TPSA) is 18.5 Å². The highest BCUT2D eigenvalue weighted by Crippen LogP contribution is 2.40. The molecule has 6 rings (SSSR count). The van der Waals surface area contributed by atoms with Crippen LogP contribution in [0.15, 0.2) is 72.8 Å². The molecule has 0 aromatic heterocycles. The molecule has 0 amide bonds. The van der Waals surface area contributed by atoms with Crippen LogP contribution in [0.2, 0.25) is 0 Å². The molecule has 1 N–H and O–H groups in total. The average Bonchev–Trinajstić information content (AvgIpc) is 3.22. The maximum Gasteiger partial charge on any atom is 0.0656 e. The van der Waals surface area contributed by atoms with Gasteiger partial charge in [-0.3, -0.25) is 0 Å². The van der Waals surface area contributed by atoms with Crippen LogP contribution in [0.5, 0.6) is 0 Å². The molecule has 3 aliphatic heterocycles. The Bertz CT molecular complexity index is 1040. The summed E-state index contributed by atoms with van der Waals surface area (Å²) in [5, 5.41) is 9.09. The number of hydrogen-bond acceptors (Lipinski definition) is 3. The van der Waals surface area contributed by atoms with Crippen molar-refractivity contribution in [2.75, 3.05) is 11.6 Å². The lowest BCUT2D eigenvalue weighted by Gasteiger charge is -2.49. The Kier molecular flexibility index (Phi) is 4.17. The summed E-state index contributed by atoms with van der Waals surface area (Å²) in [6.45, 7) is 3.06. The first-order valence-corrected chi connectivity index (χ1v) is 10.9. The minimum atomic E-state index is 0.386. The van der Waals surface area contributed by atoms with Gasteiger partial charge in [0, 0.05) is 19.6 Å². The van der Waals surface area contributed by atoms with E-state index in [9.17, 15) is 0 Å². The molecule has 0 bridgehead atoms. The Balaban J connectivity index is 1.41. The summed E-state index contributed by atoms with van der Waals surface area (Å²) in [4.78, 5) is 0. The number of hydrazine groups is 1. The first kappa shape index (κ1) is 17.3. The summed E-state index contributed by atoms with van der Waals surface area (Å²) in [6.07, 6.45) is 3.46. The van der Waals surface area contributed by atoms with Crippen LogP contribution >= 0.6 is 0 Å². The highest BCUT2D eigenvalue weighted by atomic mass is 15.6. The zero-order valence-electron chi connectivity index (χ0n) is 16.7. The van der Waals surface area contributed by atoms with Crippen molar-refractivity contribution in [1.29, 1.82) is 0 Å². The summed E-state index contributed by atoms with van der Waals surface area (Å²) >= 11 is 0. The average molecular weight is 382 g/mol. The molecule has 0 saturated carbocycles. The van der Waals surface area contributed by atoms with E-state index >= 15 is 0 Å². The zero-order chi connectivity index (χ0) is 19.2. The quantitative estimate of drug-likeness (QED) is 0.698. The molecular weight excluding hydrogens is 354 g/mol. The number of benzene rings is 3. The number of fused-ring (bicyclic) bond motifs is 3. The Morgan fingerprint density at radius 1 is 0.724 bits per heavy atom. The summed E-state index contributed by atoms with van der Waals surface area (Å²) in [7, 11) is 0. The fraction of sp³-hybridized carbons (Fsp3) is 0.308. The van der Waals surface area contributed by atoms with Gasteiger partial charge < -0.3 is 10.3 Å². The SMILES string of the molecule is c1ccc2c(c1)CCN(N1c3ccccc3CCC1C1NCc3ccccc31)C2. The van der Waals surface area contributed by atoms with E-state index in [0.717, 1.165) is 32.5 Å². The second kappa shape index (κ2) is 7.01. The molecule has 3 aromatic carbocycles. The molecule has 2 unspecified atom stereocenters. The summed E-state index contributed by atoms with van der Waals surface area (Å²) in [5.41, 5.74) is 8.80. The summed E-state index contributed by atoms with van der Waals surface area (Å²) in [6, 6.07) is 27.8. The van der Waals surface area contributed by atoms with E-state index in [2.05, 4.69) is 88.1 Å². The molecule has 0 saturated heterocycles. The molecule has 3 aromatic rings. The molecule has 0 fully saturated rings. The predicted molar refractivity (Wildman–Crippen MR) is 118 cm³/mol. The minimum Gasteiger partial charge on any atom is -0.304 e. The lowest BCUT2D eigenvalue weighted by molar-refractivity contribution is 0.178. The number of rotatable bonds is 2. The summed E-state index contributed by atoms with van der Waals surface area (Å²) < 4.78 is 0. The van der Waals surface area contributed by atoms with E-state index in [4.69, 9.17) is 0 Å². The Morgan fingerprint density at radius 2 is 1.45 bits per heavy atom. The molecule has 2 atom stereocenters. The third kappa shape index (κ3) is 2.88. The van der Waals surface area contributed by atoms with Gasteiger partial charge in [-0.15, -0.1) is 0 Å². The standard InChI is InChI=1S/C26H27N3/c1-2-10-22-18-28(16-15-19(22)7-1)29-24-12-6-4-8-20(24)13-14-25(29)26-23-11-5-3-9-21(23)17-27-26/h1-12,25-27H,13-18H2. The van der Waals surface area contributed by atoms with Crippen LogP contribution in [0, 0.1) is 0 Å². The van der Waals surface area contributed by atoms with Gasteiger partial charge in [0.25, 0.3) is 0 Å². The van der Waals surface area contributed by atoms with E-state index in [1.165, 1.54) is 39.9 Å². The van der Waals surface area contributed by atoms with Crippen molar-refractivity contribution in [2.24, 2.45) is 0 Å². The molecule has 146 valence electrons. The monoisotopic (exact) mass is 381 g/mol. The van der Waals surface area contributed by atoms with Crippen molar-refractivity contribution in [3.8, 4) is 0 Å². The number of nitrogens with one attached hydrogen (secondary N) is 1. The van der Waals surface area contributed by atoms with Gasteiger partial charge in [0.05, 0.1) is 17.8 Å². The largest absolute Gasteiger partial charge is 0.304 e.